The smallest absolute Gasteiger partial charge is 0.216 e. The maximum Gasteiger partial charge on any atom is 0.216 e. The molecule has 6 heteroatoms. The molecule has 0 bridgehead atoms. The fraction of sp³-hybridized carbons (Fsp3) is 0.267. The second kappa shape index (κ2) is 10.0. The molecule has 0 aliphatic carbocycles. The van der Waals surface area contributed by atoms with Crippen LogP contribution in [0.15, 0.2) is 81.4 Å². The Labute approximate surface area is 220 Å². The first-order valence-corrected chi connectivity index (χ1v) is 14.3. The predicted octanol–water partition coefficient (Wildman–Crippen LogP) is 7.92. The first kappa shape index (κ1) is 23.2. The molecule has 0 saturated carbocycles. The van der Waals surface area contributed by atoms with Gasteiger partial charge in [-0.25, -0.2) is 9.98 Å². The number of rotatable bonds is 7. The molecule has 0 spiro atoms. The van der Waals surface area contributed by atoms with Crippen molar-refractivity contribution in [3.05, 3.63) is 82.6 Å². The van der Waals surface area contributed by atoms with E-state index in [1.807, 2.05) is 0 Å². The van der Waals surface area contributed by atoms with Crippen molar-refractivity contribution in [2.24, 2.45) is 9.98 Å². The lowest BCUT2D eigenvalue weighted by atomic mass is 10.0. The summed E-state index contributed by atoms with van der Waals surface area (Å²) in [5.74, 6) is 1.54. The molecule has 2 aliphatic rings. The standard InChI is InChI=1S/C30H28N2O2S2/c1-3-24-16-33-29(31-24)21-9-5-19(6-10-21)23-15-27(36-18-23)28-26(13-14-35-28)20-7-11-22(12-8-20)30-32-25(4-2)17-34-30/h5-15,18,24-25H,3-4,16-17H2,1-2H3/t24-,25-/m1/s1. The monoisotopic (exact) mass is 512 g/mol. The Bertz CT molecular complexity index is 1410. The van der Waals surface area contributed by atoms with Gasteiger partial charge in [0.2, 0.25) is 11.8 Å². The molecule has 0 radical (unpaired) electrons. The van der Waals surface area contributed by atoms with E-state index < -0.39 is 0 Å². The SMILES string of the molecule is CC[C@@H]1COC(c2ccc(-c3csc(-c4sccc4-c4ccc(C5=N[C@H](CC)CO5)cc4)c3)cc2)=N1. The van der Waals surface area contributed by atoms with Crippen LogP contribution < -0.4 is 0 Å². The Balaban J connectivity index is 1.21. The van der Waals surface area contributed by atoms with Gasteiger partial charge in [0.05, 0.1) is 17.0 Å². The summed E-state index contributed by atoms with van der Waals surface area (Å²) in [6, 6.07) is 22.2. The zero-order valence-corrected chi connectivity index (χ0v) is 22.1. The highest BCUT2D eigenvalue weighted by Gasteiger charge is 2.20. The van der Waals surface area contributed by atoms with Crippen molar-refractivity contribution in [1.82, 2.24) is 0 Å². The zero-order valence-electron chi connectivity index (χ0n) is 20.4. The zero-order chi connectivity index (χ0) is 24.5. The Morgan fingerprint density at radius 3 is 1.81 bits per heavy atom. The highest BCUT2D eigenvalue weighted by molar-refractivity contribution is 7.21. The van der Waals surface area contributed by atoms with Gasteiger partial charge in [0, 0.05) is 21.6 Å². The lowest BCUT2D eigenvalue weighted by Gasteiger charge is -2.05. The molecule has 0 saturated heterocycles. The van der Waals surface area contributed by atoms with Crippen molar-refractivity contribution >= 4 is 34.5 Å². The Morgan fingerprint density at radius 2 is 1.25 bits per heavy atom. The van der Waals surface area contributed by atoms with Gasteiger partial charge in [-0.3, -0.25) is 0 Å². The third-order valence-electron chi connectivity index (χ3n) is 6.76. The summed E-state index contributed by atoms with van der Waals surface area (Å²) < 4.78 is 11.6. The summed E-state index contributed by atoms with van der Waals surface area (Å²) in [7, 11) is 0. The average Bonchev–Trinajstić information content (AvgIpc) is 3.75. The van der Waals surface area contributed by atoms with Gasteiger partial charge in [-0.15, -0.1) is 22.7 Å². The van der Waals surface area contributed by atoms with E-state index in [2.05, 4.69) is 95.3 Å². The first-order chi connectivity index (χ1) is 17.7. The summed E-state index contributed by atoms with van der Waals surface area (Å²) in [6.45, 7) is 5.67. The fourth-order valence-corrected chi connectivity index (χ4v) is 6.48. The van der Waals surface area contributed by atoms with Crippen LogP contribution in [0.4, 0.5) is 0 Å². The van der Waals surface area contributed by atoms with E-state index in [0.29, 0.717) is 13.2 Å². The first-order valence-electron chi connectivity index (χ1n) is 12.5. The number of hydrogen-bond acceptors (Lipinski definition) is 6. The largest absolute Gasteiger partial charge is 0.475 e. The lowest BCUT2D eigenvalue weighted by Crippen LogP contribution is -2.03. The molecule has 0 amide bonds. The summed E-state index contributed by atoms with van der Waals surface area (Å²) in [6.07, 6.45) is 2.02. The van der Waals surface area contributed by atoms with Gasteiger partial charge in [-0.1, -0.05) is 38.1 Å². The lowest BCUT2D eigenvalue weighted by molar-refractivity contribution is 0.315. The van der Waals surface area contributed by atoms with Gasteiger partial charge in [-0.05, 0) is 76.7 Å². The number of nitrogens with zero attached hydrogens (tertiary/aromatic N) is 2. The fourth-order valence-electron chi connectivity index (χ4n) is 4.50. The summed E-state index contributed by atoms with van der Waals surface area (Å²) >= 11 is 3.58. The van der Waals surface area contributed by atoms with Gasteiger partial charge in [0.25, 0.3) is 0 Å². The molecule has 4 heterocycles. The molecular weight excluding hydrogens is 484 g/mol. The van der Waals surface area contributed by atoms with E-state index in [1.54, 1.807) is 22.7 Å². The molecule has 2 aliphatic heterocycles. The Hall–Kier alpha value is -3.22. The van der Waals surface area contributed by atoms with Crippen LogP contribution in [0.2, 0.25) is 0 Å². The summed E-state index contributed by atoms with van der Waals surface area (Å²) in [5, 5.41) is 4.42. The molecular formula is C30H28N2O2S2. The van der Waals surface area contributed by atoms with E-state index in [9.17, 15) is 0 Å². The van der Waals surface area contributed by atoms with Crippen LogP contribution in [0.1, 0.15) is 37.8 Å². The highest BCUT2D eigenvalue weighted by atomic mass is 32.1. The number of ether oxygens (including phenoxy) is 2. The number of thiophene rings is 2. The van der Waals surface area contributed by atoms with E-state index in [-0.39, 0.29) is 12.1 Å². The normalized spacial score (nSPS) is 19.1. The molecule has 2 atom stereocenters. The highest BCUT2D eigenvalue weighted by Crippen LogP contribution is 2.41. The second-order valence-electron chi connectivity index (χ2n) is 9.13. The van der Waals surface area contributed by atoms with Crippen molar-refractivity contribution in [1.29, 1.82) is 0 Å². The topological polar surface area (TPSA) is 43.2 Å². The third-order valence-corrected chi connectivity index (χ3v) is 8.79. The predicted molar refractivity (Wildman–Crippen MR) is 152 cm³/mol. The molecule has 0 N–H and O–H groups in total. The minimum atomic E-state index is 0.283. The van der Waals surface area contributed by atoms with Gasteiger partial charge in [-0.2, -0.15) is 0 Å². The van der Waals surface area contributed by atoms with Gasteiger partial charge in [0.15, 0.2) is 0 Å². The maximum atomic E-state index is 5.80. The average molecular weight is 513 g/mol. The van der Waals surface area contributed by atoms with Crippen LogP contribution in [-0.2, 0) is 9.47 Å². The van der Waals surface area contributed by atoms with Crippen LogP contribution in [0.5, 0.6) is 0 Å². The molecule has 0 unspecified atom stereocenters. The van der Waals surface area contributed by atoms with Crippen LogP contribution >= 0.6 is 22.7 Å². The van der Waals surface area contributed by atoms with Crippen LogP contribution in [0.25, 0.3) is 32.0 Å². The summed E-state index contributed by atoms with van der Waals surface area (Å²) in [5.41, 5.74) is 7.01. The van der Waals surface area contributed by atoms with Crippen LogP contribution in [0, 0.1) is 0 Å². The van der Waals surface area contributed by atoms with E-state index >= 15 is 0 Å². The van der Waals surface area contributed by atoms with Crippen LogP contribution in [0.3, 0.4) is 0 Å². The van der Waals surface area contributed by atoms with Crippen LogP contribution in [-0.4, -0.2) is 37.1 Å². The molecule has 6 rings (SSSR count). The summed E-state index contributed by atoms with van der Waals surface area (Å²) in [4.78, 5) is 11.9. The minimum absolute atomic E-state index is 0.283. The van der Waals surface area contributed by atoms with Gasteiger partial charge in [0.1, 0.15) is 13.2 Å². The number of aliphatic imine (C=N–C) groups is 2. The molecule has 182 valence electrons. The van der Waals surface area contributed by atoms with Crippen molar-refractivity contribution in [3.8, 4) is 32.0 Å². The third kappa shape index (κ3) is 4.51. The van der Waals surface area contributed by atoms with Gasteiger partial charge >= 0.3 is 0 Å². The van der Waals surface area contributed by atoms with E-state index in [0.717, 1.165) is 35.8 Å². The quantitative estimate of drug-likeness (QED) is 0.252. The molecule has 2 aromatic heterocycles. The Morgan fingerprint density at radius 1 is 0.694 bits per heavy atom. The van der Waals surface area contributed by atoms with Crippen molar-refractivity contribution in [2.75, 3.05) is 13.2 Å². The van der Waals surface area contributed by atoms with Crippen molar-refractivity contribution in [2.45, 2.75) is 38.8 Å². The molecule has 2 aromatic carbocycles. The van der Waals surface area contributed by atoms with Crippen molar-refractivity contribution < 1.29 is 9.47 Å². The molecule has 4 nitrogen and oxygen atoms in total. The second-order valence-corrected chi connectivity index (χ2v) is 11.0. The molecule has 0 fully saturated rings. The van der Waals surface area contributed by atoms with Gasteiger partial charge < -0.3 is 9.47 Å². The number of hydrogen-bond donors (Lipinski definition) is 0. The van der Waals surface area contributed by atoms with E-state index in [4.69, 9.17) is 9.47 Å². The van der Waals surface area contributed by atoms with E-state index in [1.165, 1.54) is 32.0 Å². The minimum Gasteiger partial charge on any atom is -0.475 e. The number of benzene rings is 2. The Kier molecular flexibility index (Phi) is 6.46. The molecule has 36 heavy (non-hydrogen) atoms. The van der Waals surface area contributed by atoms with Crippen molar-refractivity contribution in [3.63, 3.8) is 0 Å². The molecule has 4 aromatic rings. The maximum absolute atomic E-state index is 5.80.